The van der Waals surface area contributed by atoms with Crippen molar-refractivity contribution in [3.8, 4) is 11.1 Å². The van der Waals surface area contributed by atoms with Crippen LogP contribution >= 0.6 is 0 Å². The summed E-state index contributed by atoms with van der Waals surface area (Å²) < 4.78 is 10.5. The number of benzene rings is 3. The molecular formula is C28H27NO6. The third-order valence-electron chi connectivity index (χ3n) is 6.07. The molecule has 0 bridgehead atoms. The van der Waals surface area contributed by atoms with E-state index >= 15 is 0 Å². The first-order valence-corrected chi connectivity index (χ1v) is 11.4. The fourth-order valence-corrected chi connectivity index (χ4v) is 4.19. The number of carbonyl (C=O) groups excluding carboxylic acids is 3. The van der Waals surface area contributed by atoms with Crippen molar-refractivity contribution in [2.45, 2.75) is 31.9 Å². The Balaban J connectivity index is 1.35. The molecule has 0 aromatic heterocycles. The average molecular weight is 474 g/mol. The molecule has 0 heterocycles. The van der Waals surface area contributed by atoms with Crippen LogP contribution < -0.4 is 5.32 Å². The minimum atomic E-state index is -1.38. The summed E-state index contributed by atoms with van der Waals surface area (Å²) in [7, 11) is 0. The third kappa shape index (κ3) is 5.41. The highest BCUT2D eigenvalue weighted by atomic mass is 16.6. The number of aliphatic hydroxyl groups is 1. The van der Waals surface area contributed by atoms with Gasteiger partial charge in [-0.1, -0.05) is 78.4 Å². The van der Waals surface area contributed by atoms with Crippen molar-refractivity contribution in [2.24, 2.45) is 0 Å². The first kappa shape index (κ1) is 24.2. The minimum Gasteiger partial charge on any atom is -0.456 e. The molecule has 0 aliphatic heterocycles. The molecule has 0 radical (unpaired) electrons. The van der Waals surface area contributed by atoms with Gasteiger partial charge in [0.25, 0.3) is 0 Å². The molecule has 0 saturated carbocycles. The Morgan fingerprint density at radius 3 is 2.03 bits per heavy atom. The molecule has 1 amide bonds. The summed E-state index contributed by atoms with van der Waals surface area (Å²) in [6.07, 6.45) is -2.11. The second kappa shape index (κ2) is 10.5. The van der Waals surface area contributed by atoms with E-state index in [4.69, 9.17) is 9.47 Å². The van der Waals surface area contributed by atoms with E-state index in [-0.39, 0.29) is 18.3 Å². The number of ketones is 1. The van der Waals surface area contributed by atoms with Crippen LogP contribution in [0.3, 0.4) is 0 Å². The van der Waals surface area contributed by atoms with Crippen LogP contribution in [0.15, 0.2) is 72.8 Å². The summed E-state index contributed by atoms with van der Waals surface area (Å²) in [5, 5.41) is 12.4. The maximum Gasteiger partial charge on any atom is 0.407 e. The number of amides is 1. The highest BCUT2D eigenvalue weighted by molar-refractivity contribution is 5.98. The lowest BCUT2D eigenvalue weighted by Crippen LogP contribution is -2.49. The molecule has 1 aliphatic carbocycles. The predicted octanol–water partition coefficient (Wildman–Crippen LogP) is 4.01. The minimum absolute atomic E-state index is 0.0628. The molecule has 3 aromatic carbocycles. The summed E-state index contributed by atoms with van der Waals surface area (Å²) in [5.41, 5.74) is 5.72. The van der Waals surface area contributed by atoms with Gasteiger partial charge in [-0.3, -0.25) is 4.79 Å². The average Bonchev–Trinajstić information content (AvgIpc) is 3.18. The molecule has 4 rings (SSSR count). The van der Waals surface area contributed by atoms with E-state index in [1.165, 1.54) is 6.92 Å². The third-order valence-corrected chi connectivity index (χ3v) is 6.07. The largest absolute Gasteiger partial charge is 0.456 e. The van der Waals surface area contributed by atoms with Gasteiger partial charge in [-0.05, 0) is 36.1 Å². The molecule has 0 saturated heterocycles. The van der Waals surface area contributed by atoms with Crippen molar-refractivity contribution in [3.63, 3.8) is 0 Å². The van der Waals surface area contributed by atoms with E-state index < -0.39 is 30.8 Å². The van der Waals surface area contributed by atoms with Gasteiger partial charge >= 0.3 is 12.1 Å². The van der Waals surface area contributed by atoms with E-state index in [9.17, 15) is 19.5 Å². The fraction of sp³-hybridized carbons (Fsp3) is 0.250. The molecule has 0 spiro atoms. The van der Waals surface area contributed by atoms with Crippen molar-refractivity contribution in [2.75, 3.05) is 13.2 Å². The zero-order valence-corrected chi connectivity index (χ0v) is 19.6. The van der Waals surface area contributed by atoms with Gasteiger partial charge in [-0.25, -0.2) is 9.59 Å². The molecule has 35 heavy (non-hydrogen) atoms. The Bertz CT molecular complexity index is 1190. The van der Waals surface area contributed by atoms with Crippen molar-refractivity contribution < 1.29 is 29.0 Å². The van der Waals surface area contributed by atoms with Crippen LogP contribution in [-0.2, 0) is 14.3 Å². The Kier molecular flexibility index (Phi) is 7.27. The first-order chi connectivity index (χ1) is 16.8. The first-order valence-electron chi connectivity index (χ1n) is 11.4. The van der Waals surface area contributed by atoms with Gasteiger partial charge in [0.2, 0.25) is 0 Å². The van der Waals surface area contributed by atoms with Crippen LogP contribution in [0.1, 0.15) is 39.9 Å². The number of hydrogen-bond donors (Lipinski definition) is 2. The standard InChI is InChI=1S/C28H27NO6/c1-17-11-13-19(14-12-17)25(31)16-34-27(32)26(18(2)30)29-28(33)35-15-24-22-9-5-3-7-20(22)21-8-4-6-10-23(21)24/h3-14,18,24,26,30H,15-16H2,1-2H3,(H,29,33)/t18-,26+/m1/s1. The number of carbonyl (C=O) groups is 3. The Hall–Kier alpha value is -3.97. The molecule has 0 fully saturated rings. The number of hydrogen-bond acceptors (Lipinski definition) is 6. The van der Waals surface area contributed by atoms with Crippen molar-refractivity contribution in [1.82, 2.24) is 5.32 Å². The number of fused-ring (bicyclic) bond motifs is 3. The number of nitrogens with one attached hydrogen (secondary N) is 1. The Labute approximate surface area is 203 Å². The molecule has 2 N–H and O–H groups in total. The highest BCUT2D eigenvalue weighted by Crippen LogP contribution is 2.44. The van der Waals surface area contributed by atoms with Gasteiger partial charge in [0, 0.05) is 11.5 Å². The zero-order chi connectivity index (χ0) is 24.9. The number of Topliss-reactive ketones (excluding diaryl/α,β-unsaturated/α-hetero) is 1. The lowest BCUT2D eigenvalue weighted by molar-refractivity contribution is -0.147. The van der Waals surface area contributed by atoms with E-state index in [0.29, 0.717) is 5.56 Å². The van der Waals surface area contributed by atoms with Crippen LogP contribution in [0.5, 0.6) is 0 Å². The van der Waals surface area contributed by atoms with E-state index in [1.54, 1.807) is 24.3 Å². The van der Waals surface area contributed by atoms with Gasteiger partial charge < -0.3 is 19.9 Å². The monoisotopic (exact) mass is 473 g/mol. The summed E-state index contributed by atoms with van der Waals surface area (Å²) in [6, 6.07) is 21.4. The second-order valence-electron chi connectivity index (χ2n) is 8.59. The normalized spacial score (nSPS) is 13.8. The molecule has 1 aliphatic rings. The summed E-state index contributed by atoms with van der Waals surface area (Å²) in [4.78, 5) is 37.3. The Morgan fingerprint density at radius 2 is 1.46 bits per heavy atom. The van der Waals surface area contributed by atoms with Gasteiger partial charge in [-0.15, -0.1) is 0 Å². The van der Waals surface area contributed by atoms with E-state index in [1.807, 2.05) is 55.5 Å². The summed E-state index contributed by atoms with van der Waals surface area (Å²) >= 11 is 0. The summed E-state index contributed by atoms with van der Waals surface area (Å²) in [5.74, 6) is -1.45. The molecule has 180 valence electrons. The van der Waals surface area contributed by atoms with E-state index in [0.717, 1.165) is 27.8 Å². The lowest BCUT2D eigenvalue weighted by Gasteiger charge is -2.20. The number of esters is 1. The molecule has 0 unspecified atom stereocenters. The summed E-state index contributed by atoms with van der Waals surface area (Å²) in [6.45, 7) is 2.80. The van der Waals surface area contributed by atoms with Crippen LogP contribution in [0.2, 0.25) is 0 Å². The topological polar surface area (TPSA) is 102 Å². The Morgan fingerprint density at radius 1 is 0.886 bits per heavy atom. The molecular weight excluding hydrogens is 446 g/mol. The number of alkyl carbamates (subject to hydrolysis) is 1. The molecule has 7 heteroatoms. The van der Waals surface area contributed by atoms with Crippen LogP contribution in [0.25, 0.3) is 11.1 Å². The van der Waals surface area contributed by atoms with Gasteiger partial charge in [-0.2, -0.15) is 0 Å². The van der Waals surface area contributed by atoms with Crippen LogP contribution in [0.4, 0.5) is 4.79 Å². The zero-order valence-electron chi connectivity index (χ0n) is 19.6. The molecule has 7 nitrogen and oxygen atoms in total. The van der Waals surface area contributed by atoms with Crippen LogP contribution in [-0.4, -0.2) is 48.3 Å². The maximum atomic E-state index is 12.5. The second-order valence-corrected chi connectivity index (χ2v) is 8.59. The predicted molar refractivity (Wildman–Crippen MR) is 130 cm³/mol. The molecule has 3 aromatic rings. The fourth-order valence-electron chi connectivity index (χ4n) is 4.19. The number of rotatable bonds is 8. The number of aryl methyl sites for hydroxylation is 1. The van der Waals surface area contributed by atoms with Crippen molar-refractivity contribution in [1.29, 1.82) is 0 Å². The van der Waals surface area contributed by atoms with Gasteiger partial charge in [0.15, 0.2) is 18.4 Å². The van der Waals surface area contributed by atoms with Crippen molar-refractivity contribution >= 4 is 17.8 Å². The maximum absolute atomic E-state index is 12.5. The SMILES string of the molecule is Cc1ccc(C(=O)COC(=O)[C@@H](NC(=O)OCC2c3ccccc3-c3ccccc32)[C@@H](C)O)cc1. The number of ether oxygens (including phenoxy) is 2. The van der Waals surface area contributed by atoms with Gasteiger partial charge in [0.1, 0.15) is 6.61 Å². The van der Waals surface area contributed by atoms with Crippen LogP contribution in [0, 0.1) is 6.92 Å². The quantitative estimate of drug-likeness (QED) is 0.379. The van der Waals surface area contributed by atoms with Crippen molar-refractivity contribution in [3.05, 3.63) is 95.1 Å². The smallest absolute Gasteiger partial charge is 0.407 e. The highest BCUT2D eigenvalue weighted by Gasteiger charge is 2.31. The van der Waals surface area contributed by atoms with E-state index in [2.05, 4.69) is 5.32 Å². The lowest BCUT2D eigenvalue weighted by atomic mass is 9.98. The molecule has 2 atom stereocenters. The van der Waals surface area contributed by atoms with Gasteiger partial charge in [0.05, 0.1) is 6.10 Å². The number of aliphatic hydroxyl groups excluding tert-OH is 1.